The van der Waals surface area contributed by atoms with E-state index in [0.29, 0.717) is 37.1 Å². The van der Waals surface area contributed by atoms with E-state index in [1.54, 1.807) is 19.1 Å². The molecular formula is C22H25N5O4S2. The normalized spacial score (nSPS) is 15.8. The molecule has 174 valence electrons. The number of ether oxygens (including phenoxy) is 1. The average molecular weight is 488 g/mol. The number of hydrogen-bond donors (Lipinski definition) is 1. The van der Waals surface area contributed by atoms with Crippen LogP contribution in [-0.4, -0.2) is 64.9 Å². The minimum absolute atomic E-state index is 0.192. The van der Waals surface area contributed by atoms with Crippen molar-refractivity contribution in [1.29, 1.82) is 0 Å². The summed E-state index contributed by atoms with van der Waals surface area (Å²) in [6.45, 7) is 3.24. The number of rotatable bonds is 7. The van der Waals surface area contributed by atoms with Crippen molar-refractivity contribution < 1.29 is 17.9 Å². The van der Waals surface area contributed by atoms with Crippen LogP contribution in [0.15, 0.2) is 64.6 Å². The molecule has 1 fully saturated rings. The number of carbonyl (C=O) groups is 1. The van der Waals surface area contributed by atoms with Crippen molar-refractivity contribution in [3.05, 3.63) is 54.6 Å². The van der Waals surface area contributed by atoms with E-state index >= 15 is 0 Å². The molecule has 0 radical (unpaired) electrons. The summed E-state index contributed by atoms with van der Waals surface area (Å²) in [5.74, 6) is 0.510. The number of thioether (sulfide) groups is 1. The molecular weight excluding hydrogens is 462 g/mol. The van der Waals surface area contributed by atoms with Crippen LogP contribution in [0.25, 0.3) is 11.4 Å². The van der Waals surface area contributed by atoms with Crippen LogP contribution in [0.3, 0.4) is 0 Å². The first kappa shape index (κ1) is 23.4. The highest BCUT2D eigenvalue weighted by Crippen LogP contribution is 2.26. The molecule has 33 heavy (non-hydrogen) atoms. The number of benzene rings is 2. The smallest absolute Gasteiger partial charge is 0.243 e. The number of amides is 1. The molecule has 0 spiro atoms. The summed E-state index contributed by atoms with van der Waals surface area (Å²) in [5, 5.41) is 11.5. The maximum Gasteiger partial charge on any atom is 0.243 e. The lowest BCUT2D eigenvalue weighted by Gasteiger charge is -2.26. The van der Waals surface area contributed by atoms with Gasteiger partial charge in [0.05, 0.1) is 23.4 Å². The van der Waals surface area contributed by atoms with Crippen molar-refractivity contribution in [2.75, 3.05) is 31.6 Å². The van der Waals surface area contributed by atoms with Crippen molar-refractivity contribution >= 4 is 33.4 Å². The van der Waals surface area contributed by atoms with Crippen LogP contribution in [0.4, 0.5) is 5.69 Å². The number of hydrogen-bond acceptors (Lipinski definition) is 7. The van der Waals surface area contributed by atoms with E-state index < -0.39 is 15.3 Å². The predicted octanol–water partition coefficient (Wildman–Crippen LogP) is 2.62. The van der Waals surface area contributed by atoms with Gasteiger partial charge < -0.3 is 14.6 Å². The zero-order chi connectivity index (χ0) is 23.4. The first-order chi connectivity index (χ1) is 15.9. The lowest BCUT2D eigenvalue weighted by Crippen LogP contribution is -2.40. The molecule has 1 aliphatic rings. The van der Waals surface area contributed by atoms with Gasteiger partial charge in [-0.2, -0.15) is 4.31 Å². The Balaban J connectivity index is 1.39. The topological polar surface area (TPSA) is 106 Å². The van der Waals surface area contributed by atoms with E-state index in [4.69, 9.17) is 4.74 Å². The van der Waals surface area contributed by atoms with Crippen molar-refractivity contribution in [2.24, 2.45) is 7.05 Å². The van der Waals surface area contributed by atoms with Gasteiger partial charge in [0.25, 0.3) is 0 Å². The summed E-state index contributed by atoms with van der Waals surface area (Å²) < 4.78 is 34.0. The van der Waals surface area contributed by atoms with Gasteiger partial charge in [0, 0.05) is 31.4 Å². The molecule has 1 aromatic heterocycles. The summed E-state index contributed by atoms with van der Waals surface area (Å²) in [7, 11) is -1.71. The molecule has 1 amide bonds. The molecule has 1 N–H and O–H groups in total. The third kappa shape index (κ3) is 5.27. The molecule has 1 aliphatic heterocycles. The van der Waals surface area contributed by atoms with Gasteiger partial charge in [0.1, 0.15) is 0 Å². The number of morpholine rings is 1. The quantitative estimate of drug-likeness (QED) is 0.511. The van der Waals surface area contributed by atoms with Gasteiger partial charge in [-0.05, 0) is 31.2 Å². The molecule has 1 atom stereocenters. The van der Waals surface area contributed by atoms with Crippen molar-refractivity contribution in [3.63, 3.8) is 0 Å². The van der Waals surface area contributed by atoms with E-state index in [9.17, 15) is 13.2 Å². The first-order valence-electron chi connectivity index (χ1n) is 10.5. The van der Waals surface area contributed by atoms with E-state index in [1.807, 2.05) is 41.9 Å². The van der Waals surface area contributed by atoms with Gasteiger partial charge in [-0.1, -0.05) is 42.1 Å². The zero-order valence-electron chi connectivity index (χ0n) is 18.3. The van der Waals surface area contributed by atoms with Crippen LogP contribution >= 0.6 is 11.8 Å². The van der Waals surface area contributed by atoms with Gasteiger partial charge in [0.2, 0.25) is 15.9 Å². The van der Waals surface area contributed by atoms with Crippen LogP contribution < -0.4 is 5.32 Å². The maximum absolute atomic E-state index is 12.7. The third-order valence-electron chi connectivity index (χ3n) is 5.25. The molecule has 0 aliphatic carbocycles. The monoisotopic (exact) mass is 487 g/mol. The van der Waals surface area contributed by atoms with Gasteiger partial charge in [-0.15, -0.1) is 10.2 Å². The lowest BCUT2D eigenvalue weighted by atomic mass is 10.2. The predicted molar refractivity (Wildman–Crippen MR) is 126 cm³/mol. The van der Waals surface area contributed by atoms with Crippen LogP contribution in [0.2, 0.25) is 0 Å². The van der Waals surface area contributed by atoms with Crippen molar-refractivity contribution in [2.45, 2.75) is 22.2 Å². The second kappa shape index (κ2) is 10.0. The number of sulfonamides is 1. The van der Waals surface area contributed by atoms with E-state index in [-0.39, 0.29) is 10.8 Å². The molecule has 0 saturated carbocycles. The molecule has 0 unspecified atom stereocenters. The van der Waals surface area contributed by atoms with Crippen LogP contribution in [-0.2, 0) is 26.6 Å². The van der Waals surface area contributed by atoms with E-state index in [1.165, 1.54) is 28.2 Å². The fourth-order valence-corrected chi connectivity index (χ4v) is 5.58. The molecule has 9 nitrogen and oxygen atoms in total. The fourth-order valence-electron chi connectivity index (χ4n) is 3.36. The van der Waals surface area contributed by atoms with Gasteiger partial charge in [-0.25, -0.2) is 8.42 Å². The standard InChI is InChI=1S/C22H25N5O4S2/c1-16(32-22-25-24-20(26(22)2)17-6-4-3-5-7-17)21(28)23-18-8-10-19(11-9-18)33(29,30)27-12-14-31-15-13-27/h3-11,16H,12-15H2,1-2H3,(H,23,28)/t16-/m0/s1. The largest absolute Gasteiger partial charge is 0.379 e. The average Bonchev–Trinajstić information content (AvgIpc) is 3.20. The number of aromatic nitrogens is 3. The maximum atomic E-state index is 12.7. The molecule has 3 aromatic rings. The second-order valence-corrected chi connectivity index (χ2v) is 10.8. The summed E-state index contributed by atoms with van der Waals surface area (Å²) in [5.41, 5.74) is 1.47. The molecule has 11 heteroatoms. The molecule has 0 bridgehead atoms. The number of nitrogens with zero attached hydrogens (tertiary/aromatic N) is 4. The SMILES string of the molecule is C[C@H](Sc1nnc(-c2ccccc2)n1C)C(=O)Nc1ccc(S(=O)(=O)N2CCOCC2)cc1. The molecule has 1 saturated heterocycles. The third-order valence-corrected chi connectivity index (χ3v) is 8.29. The molecule has 2 aromatic carbocycles. The second-order valence-electron chi connectivity index (χ2n) is 7.52. The molecule has 4 rings (SSSR count). The Morgan fingerprint density at radius 2 is 1.73 bits per heavy atom. The Labute approximate surface area is 197 Å². The summed E-state index contributed by atoms with van der Waals surface area (Å²) in [4.78, 5) is 12.9. The Kier molecular flexibility index (Phi) is 7.13. The van der Waals surface area contributed by atoms with Gasteiger partial charge in [-0.3, -0.25) is 4.79 Å². The zero-order valence-corrected chi connectivity index (χ0v) is 20.0. The number of nitrogens with one attached hydrogen (secondary N) is 1. The minimum atomic E-state index is -3.57. The van der Waals surface area contributed by atoms with E-state index in [0.717, 1.165) is 11.4 Å². The van der Waals surface area contributed by atoms with Gasteiger partial charge >= 0.3 is 0 Å². The van der Waals surface area contributed by atoms with E-state index in [2.05, 4.69) is 15.5 Å². The summed E-state index contributed by atoms with van der Waals surface area (Å²) in [6, 6.07) is 15.9. The number of carbonyl (C=O) groups excluding carboxylic acids is 1. The highest BCUT2D eigenvalue weighted by Gasteiger charge is 2.26. The Morgan fingerprint density at radius 1 is 1.06 bits per heavy atom. The van der Waals surface area contributed by atoms with Crippen LogP contribution in [0, 0.1) is 0 Å². The molecule has 2 heterocycles. The Bertz CT molecular complexity index is 1210. The lowest BCUT2D eigenvalue weighted by molar-refractivity contribution is -0.115. The fraction of sp³-hybridized carbons (Fsp3) is 0.318. The number of anilines is 1. The summed E-state index contributed by atoms with van der Waals surface area (Å²) >= 11 is 1.30. The highest BCUT2D eigenvalue weighted by atomic mass is 32.2. The Hall–Kier alpha value is -2.73. The minimum Gasteiger partial charge on any atom is -0.379 e. The highest BCUT2D eigenvalue weighted by molar-refractivity contribution is 8.00. The van der Waals surface area contributed by atoms with Crippen molar-refractivity contribution in [3.8, 4) is 11.4 Å². The Morgan fingerprint density at radius 3 is 2.39 bits per heavy atom. The van der Waals surface area contributed by atoms with Gasteiger partial charge in [0.15, 0.2) is 11.0 Å². The van der Waals surface area contributed by atoms with Crippen molar-refractivity contribution in [1.82, 2.24) is 19.1 Å². The first-order valence-corrected chi connectivity index (χ1v) is 12.8. The van der Waals surface area contributed by atoms with Crippen LogP contribution in [0.5, 0.6) is 0 Å². The summed E-state index contributed by atoms with van der Waals surface area (Å²) in [6.07, 6.45) is 0. The van der Waals surface area contributed by atoms with Crippen LogP contribution in [0.1, 0.15) is 6.92 Å².